The Kier molecular flexibility index (Phi) is 5.78. The van der Waals surface area contributed by atoms with Crippen LogP contribution in [0.5, 0.6) is 0 Å². The van der Waals surface area contributed by atoms with Gasteiger partial charge >= 0.3 is 0 Å². The van der Waals surface area contributed by atoms with Gasteiger partial charge in [0, 0.05) is 6.42 Å². The molecule has 0 spiro atoms. The zero-order valence-corrected chi connectivity index (χ0v) is 16.4. The molecule has 2 aromatic heterocycles. The molecule has 0 saturated heterocycles. The first-order valence-corrected chi connectivity index (χ1v) is 9.30. The Balaban J connectivity index is 1.87. The summed E-state index contributed by atoms with van der Waals surface area (Å²) in [5, 5.41) is 24.1. The van der Waals surface area contributed by atoms with Gasteiger partial charge in [-0.25, -0.2) is 0 Å². The summed E-state index contributed by atoms with van der Waals surface area (Å²) in [5.41, 5.74) is 1.82. The molecule has 6 nitrogen and oxygen atoms in total. The number of benzene rings is 1. The number of nitrogens with one attached hydrogen (secondary N) is 1. The monoisotopic (exact) mass is 414 g/mol. The van der Waals surface area contributed by atoms with Crippen LogP contribution in [0.4, 0.5) is 0 Å². The molecule has 130 valence electrons. The van der Waals surface area contributed by atoms with Gasteiger partial charge in [0.25, 0.3) is 0 Å². The first-order valence-electron chi connectivity index (χ1n) is 7.35. The number of aromatic amines is 1. The maximum absolute atomic E-state index is 6.41. The van der Waals surface area contributed by atoms with Gasteiger partial charge in [0.05, 0.1) is 14.9 Å². The SMILES string of the molecule is CC(C)c1cc(Sc2c(Cl)cc(Cc3nn[nH]n3)cc2Cl)nnc1Cl. The molecule has 1 aromatic carbocycles. The molecule has 0 atom stereocenters. The molecule has 3 rings (SSSR count). The minimum absolute atomic E-state index is 0.241. The summed E-state index contributed by atoms with van der Waals surface area (Å²) < 4.78 is 0. The predicted molar refractivity (Wildman–Crippen MR) is 98.7 cm³/mol. The standard InChI is InChI=1S/C15H13Cl3N6S/c1-7(2)9-6-13(21-22-15(9)18)25-14-10(16)3-8(4-11(14)17)5-12-19-23-24-20-12/h3-4,6-7H,5H2,1-2H3,(H,19,20,23,24). The van der Waals surface area contributed by atoms with E-state index in [1.54, 1.807) is 0 Å². The van der Waals surface area contributed by atoms with Gasteiger partial charge in [0.2, 0.25) is 0 Å². The normalized spacial score (nSPS) is 11.3. The van der Waals surface area contributed by atoms with Crippen molar-refractivity contribution >= 4 is 46.6 Å². The van der Waals surface area contributed by atoms with Crippen molar-refractivity contribution in [2.75, 3.05) is 0 Å². The summed E-state index contributed by atoms with van der Waals surface area (Å²) in [5.74, 6) is 0.809. The molecule has 0 bridgehead atoms. The summed E-state index contributed by atoms with van der Waals surface area (Å²) in [6, 6.07) is 5.57. The lowest BCUT2D eigenvalue weighted by Crippen LogP contribution is -1.96. The third-order valence-corrected chi connectivity index (χ3v) is 5.56. The molecule has 3 aromatic rings. The summed E-state index contributed by atoms with van der Waals surface area (Å²) in [6.45, 7) is 4.09. The van der Waals surface area contributed by atoms with Crippen LogP contribution >= 0.6 is 46.6 Å². The van der Waals surface area contributed by atoms with Crippen LogP contribution in [-0.4, -0.2) is 30.8 Å². The predicted octanol–water partition coefficient (Wildman–Crippen LogP) is 4.82. The van der Waals surface area contributed by atoms with Gasteiger partial charge in [-0.1, -0.05) is 65.6 Å². The van der Waals surface area contributed by atoms with Gasteiger partial charge in [0.1, 0.15) is 5.03 Å². The number of hydrogen-bond acceptors (Lipinski definition) is 6. The van der Waals surface area contributed by atoms with Crippen molar-refractivity contribution in [2.45, 2.75) is 36.1 Å². The summed E-state index contributed by atoms with van der Waals surface area (Å²) in [7, 11) is 0. The molecule has 25 heavy (non-hydrogen) atoms. The summed E-state index contributed by atoms with van der Waals surface area (Å²) in [4.78, 5) is 0.714. The van der Waals surface area contributed by atoms with Crippen molar-refractivity contribution in [2.24, 2.45) is 0 Å². The van der Waals surface area contributed by atoms with Crippen LogP contribution in [0, 0.1) is 0 Å². The van der Waals surface area contributed by atoms with Crippen LogP contribution in [0.2, 0.25) is 15.2 Å². The molecule has 1 N–H and O–H groups in total. The molecular formula is C15H13Cl3N6S. The Hall–Kier alpha value is -1.41. The van der Waals surface area contributed by atoms with Crippen LogP contribution in [-0.2, 0) is 6.42 Å². The van der Waals surface area contributed by atoms with Crippen LogP contribution in [0.25, 0.3) is 0 Å². The van der Waals surface area contributed by atoms with E-state index >= 15 is 0 Å². The fourth-order valence-corrected chi connectivity index (χ4v) is 4.05. The lowest BCUT2D eigenvalue weighted by atomic mass is 10.1. The second-order valence-electron chi connectivity index (χ2n) is 5.58. The van der Waals surface area contributed by atoms with Crippen LogP contribution < -0.4 is 0 Å². The number of halogens is 3. The fourth-order valence-electron chi connectivity index (χ4n) is 2.18. The maximum Gasteiger partial charge on any atom is 0.178 e. The average Bonchev–Trinajstić information content (AvgIpc) is 3.05. The third-order valence-electron chi connectivity index (χ3n) is 3.39. The smallest absolute Gasteiger partial charge is 0.177 e. The van der Waals surface area contributed by atoms with Crippen LogP contribution in [0.1, 0.15) is 36.7 Å². The maximum atomic E-state index is 6.41. The van der Waals surface area contributed by atoms with E-state index in [4.69, 9.17) is 34.8 Å². The quantitative estimate of drug-likeness (QED) is 0.643. The number of hydrogen-bond donors (Lipinski definition) is 1. The van der Waals surface area contributed by atoms with E-state index in [0.29, 0.717) is 37.4 Å². The van der Waals surface area contributed by atoms with Gasteiger partial charge < -0.3 is 0 Å². The number of tetrazole rings is 1. The number of H-pyrrole nitrogens is 1. The Morgan fingerprint density at radius 3 is 2.36 bits per heavy atom. The minimum atomic E-state index is 0.241. The minimum Gasteiger partial charge on any atom is -0.177 e. The van der Waals surface area contributed by atoms with Gasteiger partial charge in [-0.3, -0.25) is 0 Å². The van der Waals surface area contributed by atoms with Gasteiger partial charge in [0.15, 0.2) is 11.0 Å². The highest BCUT2D eigenvalue weighted by molar-refractivity contribution is 7.99. The highest BCUT2D eigenvalue weighted by Gasteiger charge is 2.15. The second kappa shape index (κ2) is 7.86. The number of rotatable bonds is 5. The Labute approximate surface area is 163 Å². The van der Waals surface area contributed by atoms with Crippen LogP contribution in [0.3, 0.4) is 0 Å². The third kappa shape index (κ3) is 4.41. The van der Waals surface area contributed by atoms with E-state index in [1.165, 1.54) is 11.8 Å². The molecule has 0 fully saturated rings. The van der Waals surface area contributed by atoms with Crippen molar-refractivity contribution in [3.05, 3.63) is 50.3 Å². The van der Waals surface area contributed by atoms with E-state index in [9.17, 15) is 0 Å². The van der Waals surface area contributed by atoms with Crippen molar-refractivity contribution in [1.29, 1.82) is 0 Å². The first-order chi connectivity index (χ1) is 11.9. The lowest BCUT2D eigenvalue weighted by Gasteiger charge is -2.11. The Morgan fingerprint density at radius 2 is 1.76 bits per heavy atom. The highest BCUT2D eigenvalue weighted by Crippen LogP contribution is 2.39. The second-order valence-corrected chi connectivity index (χ2v) is 7.78. The van der Waals surface area contributed by atoms with Gasteiger partial charge in [-0.2, -0.15) is 5.21 Å². The molecule has 0 saturated carbocycles. The van der Waals surface area contributed by atoms with E-state index in [0.717, 1.165) is 11.1 Å². The lowest BCUT2D eigenvalue weighted by molar-refractivity contribution is 0.815. The van der Waals surface area contributed by atoms with Gasteiger partial charge in [-0.05, 0) is 35.2 Å². The summed E-state index contributed by atoms with van der Waals surface area (Å²) in [6.07, 6.45) is 0.485. The number of nitrogens with zero attached hydrogens (tertiary/aromatic N) is 5. The molecule has 10 heteroatoms. The molecular weight excluding hydrogens is 403 g/mol. The van der Waals surface area contributed by atoms with Crippen molar-refractivity contribution < 1.29 is 0 Å². The van der Waals surface area contributed by atoms with Crippen molar-refractivity contribution in [3.8, 4) is 0 Å². The zero-order chi connectivity index (χ0) is 18.0. The van der Waals surface area contributed by atoms with E-state index in [2.05, 4.69) is 30.8 Å². The average molecular weight is 416 g/mol. The molecule has 0 radical (unpaired) electrons. The molecule has 0 aliphatic heterocycles. The van der Waals surface area contributed by atoms with Gasteiger partial charge in [-0.15, -0.1) is 20.4 Å². The van der Waals surface area contributed by atoms with E-state index < -0.39 is 0 Å². The number of aromatic nitrogens is 6. The topological polar surface area (TPSA) is 80.2 Å². The Morgan fingerprint density at radius 1 is 1.04 bits per heavy atom. The molecule has 0 unspecified atom stereocenters. The zero-order valence-electron chi connectivity index (χ0n) is 13.3. The summed E-state index contributed by atoms with van der Waals surface area (Å²) >= 11 is 20.3. The molecule has 0 aliphatic rings. The van der Waals surface area contributed by atoms with Crippen LogP contribution in [0.15, 0.2) is 28.1 Å². The molecule has 2 heterocycles. The largest absolute Gasteiger partial charge is 0.178 e. The van der Waals surface area contributed by atoms with Crippen molar-refractivity contribution in [3.63, 3.8) is 0 Å². The van der Waals surface area contributed by atoms with Crippen molar-refractivity contribution in [1.82, 2.24) is 30.8 Å². The fraction of sp³-hybridized carbons (Fsp3) is 0.267. The van der Waals surface area contributed by atoms with E-state index in [1.807, 2.05) is 32.0 Å². The Bertz CT molecular complexity index is 862. The molecule has 0 amide bonds. The first kappa shape index (κ1) is 18.4. The highest BCUT2D eigenvalue weighted by atomic mass is 35.5. The van der Waals surface area contributed by atoms with E-state index in [-0.39, 0.29) is 5.92 Å². The molecule has 0 aliphatic carbocycles.